The zero-order valence-corrected chi connectivity index (χ0v) is 32.4. The van der Waals surface area contributed by atoms with Crippen LogP contribution in [-0.4, -0.2) is 103 Å². The highest BCUT2D eigenvalue weighted by Gasteiger charge is 2.25. The summed E-state index contributed by atoms with van der Waals surface area (Å²) < 4.78 is 0. The summed E-state index contributed by atoms with van der Waals surface area (Å²) in [5.41, 5.74) is 8.66. The van der Waals surface area contributed by atoms with E-state index in [1.165, 1.54) is 32.1 Å². The van der Waals surface area contributed by atoms with Crippen molar-refractivity contribution in [3.05, 3.63) is 60.2 Å². The van der Waals surface area contributed by atoms with E-state index in [-0.39, 0.29) is 24.3 Å². The van der Waals surface area contributed by atoms with Gasteiger partial charge in [0.1, 0.15) is 5.82 Å². The molecule has 0 bridgehead atoms. The van der Waals surface area contributed by atoms with Crippen LogP contribution < -0.4 is 38.2 Å². The standard InChI is InChI=1S/C41H62N12O2/c42-36(40(55)48-29-31-11-3-1-4-12-31)17-18-38(54)53-27-20-33(21-28-53)49-39-35-15-7-8-16-37(35)50-41(51-39)47-26-19-34(52-43)30-45-24-9-22-44-23-10-25-46-32-13-5-2-6-14-32/h1,3-4,7-8,11-12,15-16,30,32-33,36,44,46H,2,5-6,9-10,13-14,17-29,42-43H2,(H,48,55)(H2,47,49,50,51)/t36-/m0/s1. The molecule has 1 aliphatic carbocycles. The average molecular weight is 755 g/mol. The lowest BCUT2D eigenvalue weighted by molar-refractivity contribution is -0.132. The van der Waals surface area contributed by atoms with Crippen LogP contribution in [0.5, 0.6) is 0 Å². The fourth-order valence-electron chi connectivity index (χ4n) is 7.10. The van der Waals surface area contributed by atoms with Crippen molar-refractivity contribution in [2.45, 2.75) is 102 Å². The Morgan fingerprint density at radius 3 is 2.44 bits per heavy atom. The van der Waals surface area contributed by atoms with Crippen molar-refractivity contribution >= 4 is 46.4 Å². The first-order valence-corrected chi connectivity index (χ1v) is 20.3. The van der Waals surface area contributed by atoms with Crippen LogP contribution >= 0.6 is 0 Å². The lowest BCUT2D eigenvalue weighted by atomic mass is 9.95. The van der Waals surface area contributed by atoms with Crippen LogP contribution in [0, 0.1) is 0 Å². The SMILES string of the molecule is NN=C(C=NCCCNCCCNC1CCCCC1)CCNc1nc(NC2CCN(C(=O)CC[C@H](N)C(=O)NCc3ccccc3)CC2)c2ccccc2n1. The number of nitrogens with zero attached hydrogens (tertiary/aromatic N) is 5. The second-order valence-electron chi connectivity index (χ2n) is 14.6. The predicted molar refractivity (Wildman–Crippen MR) is 223 cm³/mol. The quantitative estimate of drug-likeness (QED) is 0.0341. The van der Waals surface area contributed by atoms with Crippen LogP contribution in [0.15, 0.2) is 64.7 Å². The van der Waals surface area contributed by atoms with E-state index < -0.39 is 6.04 Å². The number of benzene rings is 2. The summed E-state index contributed by atoms with van der Waals surface area (Å²) in [5.74, 6) is 6.74. The van der Waals surface area contributed by atoms with Gasteiger partial charge in [0.05, 0.1) is 17.3 Å². The van der Waals surface area contributed by atoms with Gasteiger partial charge in [-0.25, -0.2) is 4.98 Å². The van der Waals surface area contributed by atoms with Crippen molar-refractivity contribution in [1.82, 2.24) is 30.8 Å². The van der Waals surface area contributed by atoms with Crippen LogP contribution in [-0.2, 0) is 16.1 Å². The van der Waals surface area contributed by atoms with Gasteiger partial charge in [0.25, 0.3) is 0 Å². The number of hydrazone groups is 1. The van der Waals surface area contributed by atoms with Gasteiger partial charge in [-0.05, 0) is 82.3 Å². The highest BCUT2D eigenvalue weighted by atomic mass is 16.2. The monoisotopic (exact) mass is 755 g/mol. The number of fused-ring (bicyclic) bond motifs is 1. The molecule has 1 saturated heterocycles. The third-order valence-electron chi connectivity index (χ3n) is 10.4. The minimum atomic E-state index is -0.728. The largest absolute Gasteiger partial charge is 0.367 e. The number of nitrogens with two attached hydrogens (primary N) is 2. The lowest BCUT2D eigenvalue weighted by Gasteiger charge is -2.33. The molecular weight excluding hydrogens is 693 g/mol. The van der Waals surface area contributed by atoms with Crippen LogP contribution in [0.1, 0.15) is 82.6 Å². The summed E-state index contributed by atoms with van der Waals surface area (Å²) in [7, 11) is 0. The van der Waals surface area contributed by atoms with E-state index >= 15 is 0 Å². The van der Waals surface area contributed by atoms with E-state index in [1.54, 1.807) is 6.21 Å². The number of aromatic nitrogens is 2. The number of carbonyl (C=O) groups is 2. The third-order valence-corrected chi connectivity index (χ3v) is 10.4. The summed E-state index contributed by atoms with van der Waals surface area (Å²) in [6.45, 7) is 5.98. The first-order valence-electron chi connectivity index (χ1n) is 20.3. The second kappa shape index (κ2) is 23.3. The Labute approximate surface area is 326 Å². The number of anilines is 2. The van der Waals surface area contributed by atoms with Crippen molar-refractivity contribution in [3.63, 3.8) is 0 Å². The van der Waals surface area contributed by atoms with Crippen LogP contribution in [0.25, 0.3) is 10.9 Å². The fraction of sp³-hybridized carbons (Fsp3) is 0.561. The topological polar surface area (TPSA) is 200 Å². The summed E-state index contributed by atoms with van der Waals surface area (Å²) in [6.07, 6.45) is 13.4. The molecule has 1 saturated carbocycles. The lowest BCUT2D eigenvalue weighted by Crippen LogP contribution is -2.44. The van der Waals surface area contributed by atoms with E-state index in [0.717, 1.165) is 80.2 Å². The molecule has 1 aliphatic heterocycles. The summed E-state index contributed by atoms with van der Waals surface area (Å²) in [5, 5.41) is 21.9. The normalized spacial score (nSPS) is 16.4. The van der Waals surface area contributed by atoms with Gasteiger partial charge in [-0.15, -0.1) is 0 Å². The van der Waals surface area contributed by atoms with E-state index in [4.69, 9.17) is 21.5 Å². The Morgan fingerprint density at radius 1 is 0.873 bits per heavy atom. The molecule has 55 heavy (non-hydrogen) atoms. The van der Waals surface area contributed by atoms with Gasteiger partial charge in [-0.3, -0.25) is 14.6 Å². The van der Waals surface area contributed by atoms with E-state index in [0.29, 0.717) is 50.7 Å². The van der Waals surface area contributed by atoms with Gasteiger partial charge in [-0.2, -0.15) is 10.1 Å². The Balaban J connectivity index is 0.983. The molecule has 2 heterocycles. The van der Waals surface area contributed by atoms with Crippen molar-refractivity contribution in [1.29, 1.82) is 0 Å². The summed E-state index contributed by atoms with van der Waals surface area (Å²) >= 11 is 0. The molecule has 1 aromatic heterocycles. The van der Waals surface area contributed by atoms with Gasteiger partial charge in [0, 0.05) is 69.2 Å². The molecule has 2 fully saturated rings. The number of hydrogen-bond acceptors (Lipinski definition) is 12. The van der Waals surface area contributed by atoms with Gasteiger partial charge < -0.3 is 43.1 Å². The Bertz CT molecular complexity index is 1660. The summed E-state index contributed by atoms with van der Waals surface area (Å²) in [4.78, 5) is 41.4. The van der Waals surface area contributed by atoms with E-state index in [2.05, 4.69) is 36.7 Å². The molecule has 3 aromatic rings. The third kappa shape index (κ3) is 14.5. The maximum atomic E-state index is 13.0. The maximum absolute atomic E-state index is 13.0. The van der Waals surface area contributed by atoms with Gasteiger partial charge in [-0.1, -0.05) is 61.7 Å². The second-order valence-corrected chi connectivity index (χ2v) is 14.6. The molecular formula is C41H62N12O2. The molecule has 2 aliphatic rings. The first kappa shape index (κ1) is 41.5. The molecule has 14 heteroatoms. The van der Waals surface area contributed by atoms with Crippen LogP contribution in [0.4, 0.5) is 11.8 Å². The number of para-hydroxylation sites is 1. The van der Waals surface area contributed by atoms with E-state index in [1.807, 2.05) is 59.5 Å². The maximum Gasteiger partial charge on any atom is 0.237 e. The molecule has 9 N–H and O–H groups in total. The van der Waals surface area contributed by atoms with E-state index in [9.17, 15) is 9.59 Å². The minimum Gasteiger partial charge on any atom is -0.367 e. The predicted octanol–water partition coefficient (Wildman–Crippen LogP) is 3.94. The number of amides is 2. The molecule has 0 spiro atoms. The molecule has 1 atom stereocenters. The number of aliphatic imine (C=N–C) groups is 1. The van der Waals surface area contributed by atoms with Gasteiger partial charge >= 0.3 is 0 Å². The Hall–Kier alpha value is -4.66. The zero-order chi connectivity index (χ0) is 38.5. The first-order chi connectivity index (χ1) is 27.0. The number of rotatable bonds is 22. The number of hydrogen-bond donors (Lipinski definition) is 7. The van der Waals surface area contributed by atoms with Crippen molar-refractivity contribution in [3.8, 4) is 0 Å². The fourth-order valence-corrected chi connectivity index (χ4v) is 7.10. The number of nitrogens with one attached hydrogen (secondary N) is 5. The number of carbonyl (C=O) groups excluding carboxylic acids is 2. The Morgan fingerprint density at radius 2 is 1.64 bits per heavy atom. The molecule has 2 amide bonds. The summed E-state index contributed by atoms with van der Waals surface area (Å²) in [6, 6.07) is 17.8. The Kier molecular flexibility index (Phi) is 17.6. The molecule has 0 unspecified atom stereocenters. The smallest absolute Gasteiger partial charge is 0.237 e. The number of piperidine rings is 1. The molecule has 5 rings (SSSR count). The van der Waals surface area contributed by atoms with Gasteiger partial charge in [0.2, 0.25) is 17.8 Å². The van der Waals surface area contributed by atoms with Crippen molar-refractivity contribution in [2.75, 3.05) is 56.4 Å². The van der Waals surface area contributed by atoms with Gasteiger partial charge in [0.15, 0.2) is 0 Å². The number of likely N-dealkylation sites (tertiary alicyclic amines) is 1. The average Bonchev–Trinajstić information content (AvgIpc) is 3.22. The molecule has 2 aromatic carbocycles. The molecule has 298 valence electrons. The van der Waals surface area contributed by atoms with Crippen molar-refractivity contribution < 1.29 is 9.59 Å². The van der Waals surface area contributed by atoms with Crippen LogP contribution in [0.3, 0.4) is 0 Å². The zero-order valence-electron chi connectivity index (χ0n) is 32.4. The highest BCUT2D eigenvalue weighted by molar-refractivity contribution is 6.30. The van der Waals surface area contributed by atoms with Crippen molar-refractivity contribution in [2.24, 2.45) is 21.7 Å². The molecule has 0 radical (unpaired) electrons. The molecule has 14 nitrogen and oxygen atoms in total. The highest BCUT2D eigenvalue weighted by Crippen LogP contribution is 2.25. The van der Waals surface area contributed by atoms with Crippen LogP contribution in [0.2, 0.25) is 0 Å². The minimum absolute atomic E-state index is 0.0227.